The summed E-state index contributed by atoms with van der Waals surface area (Å²) in [5.41, 5.74) is 0.269. The Hall–Kier alpha value is -2.62. The highest BCUT2D eigenvalue weighted by Crippen LogP contribution is 2.17. The minimum atomic E-state index is -3.11. The zero-order valence-corrected chi connectivity index (χ0v) is 16.0. The van der Waals surface area contributed by atoms with Crippen molar-refractivity contribution in [1.29, 1.82) is 0 Å². The minimum Gasteiger partial charge on any atom is -0.496 e. The van der Waals surface area contributed by atoms with Crippen LogP contribution in [0.2, 0.25) is 0 Å². The molecule has 1 aliphatic rings. The molecule has 0 saturated carbocycles. The first-order valence-corrected chi connectivity index (χ1v) is 10.1. The second-order valence-electron chi connectivity index (χ2n) is 6.11. The van der Waals surface area contributed by atoms with E-state index < -0.39 is 46.8 Å². The Morgan fingerprint density at radius 3 is 2.59 bits per heavy atom. The molecule has 0 spiro atoms. The number of hydrogen-bond acceptors (Lipinski definition) is 7. The molecule has 0 bridgehead atoms. The van der Waals surface area contributed by atoms with Gasteiger partial charge < -0.3 is 19.7 Å². The van der Waals surface area contributed by atoms with Gasteiger partial charge in [-0.25, -0.2) is 8.42 Å². The van der Waals surface area contributed by atoms with Crippen molar-refractivity contribution >= 4 is 27.6 Å². The first kappa shape index (κ1) is 20.7. The highest BCUT2D eigenvalue weighted by Gasteiger charge is 2.32. The second kappa shape index (κ2) is 8.85. The summed E-state index contributed by atoms with van der Waals surface area (Å²) in [6.07, 6.45) is 0.369. The average molecular weight is 398 g/mol. The number of rotatable bonds is 7. The van der Waals surface area contributed by atoms with Gasteiger partial charge in [-0.3, -0.25) is 14.4 Å². The van der Waals surface area contributed by atoms with Crippen LogP contribution in [-0.2, 0) is 24.2 Å². The number of para-hydroxylation sites is 1. The number of ether oxygens (including phenoxy) is 2. The van der Waals surface area contributed by atoms with E-state index in [-0.39, 0.29) is 17.1 Å². The Balaban J connectivity index is 1.77. The van der Waals surface area contributed by atoms with E-state index in [1.807, 2.05) is 0 Å². The van der Waals surface area contributed by atoms with E-state index in [0.29, 0.717) is 12.2 Å². The number of hydrogen-bond donors (Lipinski definition) is 1. The van der Waals surface area contributed by atoms with Gasteiger partial charge in [0.25, 0.3) is 11.8 Å². The van der Waals surface area contributed by atoms with Gasteiger partial charge in [-0.2, -0.15) is 0 Å². The van der Waals surface area contributed by atoms with Crippen LogP contribution in [0.15, 0.2) is 24.3 Å². The Morgan fingerprint density at radius 1 is 1.26 bits per heavy atom. The van der Waals surface area contributed by atoms with E-state index in [0.717, 1.165) is 0 Å². The molecule has 0 aliphatic carbocycles. The van der Waals surface area contributed by atoms with Crippen LogP contribution in [0.25, 0.3) is 0 Å². The van der Waals surface area contributed by atoms with Gasteiger partial charge in [-0.1, -0.05) is 12.1 Å². The van der Waals surface area contributed by atoms with Crippen LogP contribution in [0.4, 0.5) is 0 Å². The molecule has 0 radical (unpaired) electrons. The predicted octanol–water partition coefficient (Wildman–Crippen LogP) is -0.386. The maximum Gasteiger partial charge on any atom is 0.325 e. The Kier molecular flexibility index (Phi) is 6.78. The van der Waals surface area contributed by atoms with E-state index in [2.05, 4.69) is 5.32 Å². The highest BCUT2D eigenvalue weighted by molar-refractivity contribution is 7.91. The number of nitrogens with one attached hydrogen (secondary N) is 1. The van der Waals surface area contributed by atoms with E-state index in [1.165, 1.54) is 19.1 Å². The molecule has 1 aromatic rings. The van der Waals surface area contributed by atoms with Crippen molar-refractivity contribution in [1.82, 2.24) is 10.2 Å². The molecule has 1 saturated heterocycles. The first-order chi connectivity index (χ1) is 12.7. The summed E-state index contributed by atoms with van der Waals surface area (Å²) in [6, 6.07) is 6.12. The highest BCUT2D eigenvalue weighted by atomic mass is 32.2. The van der Waals surface area contributed by atoms with E-state index in [1.54, 1.807) is 24.3 Å². The standard InChI is InChI=1S/C17H22N2O7S/c1-19(12-7-8-27(23,24)11-12)15(20)10-26-16(21)9-18-17(22)13-5-3-4-6-14(13)25-2/h3-6,12H,7-11H2,1-2H3,(H,18,22)/t12-/m0/s1. The molecule has 27 heavy (non-hydrogen) atoms. The lowest BCUT2D eigenvalue weighted by Gasteiger charge is -2.23. The molecule has 1 aliphatic heterocycles. The molecule has 1 heterocycles. The van der Waals surface area contributed by atoms with Crippen LogP contribution in [-0.4, -0.2) is 76.0 Å². The number of sulfone groups is 1. The fourth-order valence-electron chi connectivity index (χ4n) is 2.66. The van der Waals surface area contributed by atoms with Gasteiger partial charge >= 0.3 is 5.97 Å². The number of carbonyl (C=O) groups excluding carboxylic acids is 3. The van der Waals surface area contributed by atoms with Crippen LogP contribution < -0.4 is 10.1 Å². The predicted molar refractivity (Wildman–Crippen MR) is 96.1 cm³/mol. The van der Waals surface area contributed by atoms with Crippen molar-refractivity contribution in [2.45, 2.75) is 12.5 Å². The first-order valence-electron chi connectivity index (χ1n) is 8.26. The molecule has 9 nitrogen and oxygen atoms in total. The number of amides is 2. The molecule has 148 valence electrons. The van der Waals surface area contributed by atoms with Crippen molar-refractivity contribution in [2.75, 3.05) is 38.8 Å². The van der Waals surface area contributed by atoms with Crippen LogP contribution in [0, 0.1) is 0 Å². The van der Waals surface area contributed by atoms with Gasteiger partial charge in [-0.05, 0) is 18.6 Å². The quantitative estimate of drug-likeness (QED) is 0.622. The van der Waals surface area contributed by atoms with Crippen LogP contribution >= 0.6 is 0 Å². The zero-order valence-electron chi connectivity index (χ0n) is 15.1. The fourth-order valence-corrected chi connectivity index (χ4v) is 4.43. The van der Waals surface area contributed by atoms with E-state index >= 15 is 0 Å². The van der Waals surface area contributed by atoms with Crippen molar-refractivity contribution < 1.29 is 32.3 Å². The number of nitrogens with zero attached hydrogens (tertiary/aromatic N) is 1. The van der Waals surface area contributed by atoms with Crippen LogP contribution in [0.5, 0.6) is 5.75 Å². The van der Waals surface area contributed by atoms with Gasteiger partial charge in [0.1, 0.15) is 12.3 Å². The summed E-state index contributed by atoms with van der Waals surface area (Å²) in [4.78, 5) is 37.2. The summed E-state index contributed by atoms with van der Waals surface area (Å²) in [5, 5.41) is 2.39. The normalized spacial score (nSPS) is 17.8. The molecule has 2 amide bonds. The fraction of sp³-hybridized carbons (Fsp3) is 0.471. The van der Waals surface area contributed by atoms with Gasteiger partial charge in [-0.15, -0.1) is 0 Å². The summed E-state index contributed by atoms with van der Waals surface area (Å²) >= 11 is 0. The van der Waals surface area contributed by atoms with Crippen LogP contribution in [0.1, 0.15) is 16.8 Å². The van der Waals surface area contributed by atoms with E-state index in [4.69, 9.17) is 9.47 Å². The molecular weight excluding hydrogens is 376 g/mol. The number of esters is 1. The van der Waals surface area contributed by atoms with Gasteiger partial charge in [0, 0.05) is 13.1 Å². The number of likely N-dealkylation sites (N-methyl/N-ethyl adjacent to an activating group) is 1. The van der Waals surface area contributed by atoms with Crippen molar-refractivity contribution in [3.05, 3.63) is 29.8 Å². The smallest absolute Gasteiger partial charge is 0.325 e. The lowest BCUT2D eigenvalue weighted by atomic mass is 10.2. The molecule has 0 unspecified atom stereocenters. The lowest BCUT2D eigenvalue weighted by Crippen LogP contribution is -2.41. The SMILES string of the molecule is COc1ccccc1C(=O)NCC(=O)OCC(=O)N(C)[C@H]1CCS(=O)(=O)C1. The zero-order chi connectivity index (χ0) is 20.0. The third-order valence-corrected chi connectivity index (χ3v) is 6.00. The Morgan fingerprint density at radius 2 is 1.96 bits per heavy atom. The van der Waals surface area contributed by atoms with Gasteiger partial charge in [0.2, 0.25) is 0 Å². The molecule has 1 fully saturated rings. The van der Waals surface area contributed by atoms with Crippen LogP contribution in [0.3, 0.4) is 0 Å². The molecule has 0 aromatic heterocycles. The summed E-state index contributed by atoms with van der Waals surface area (Å²) in [5.74, 6) is -1.46. The van der Waals surface area contributed by atoms with Crippen molar-refractivity contribution in [3.63, 3.8) is 0 Å². The average Bonchev–Trinajstić information content (AvgIpc) is 3.03. The molecule has 1 aromatic carbocycles. The van der Waals surface area contributed by atoms with Gasteiger partial charge in [0.05, 0.1) is 24.2 Å². The maximum atomic E-state index is 12.1. The topological polar surface area (TPSA) is 119 Å². The second-order valence-corrected chi connectivity index (χ2v) is 8.33. The third kappa shape index (κ3) is 5.68. The Labute approximate surface area is 157 Å². The third-order valence-electron chi connectivity index (χ3n) is 4.25. The van der Waals surface area contributed by atoms with Crippen molar-refractivity contribution in [3.8, 4) is 5.75 Å². The summed E-state index contributed by atoms with van der Waals surface area (Å²) in [6.45, 7) is -0.928. The van der Waals surface area contributed by atoms with Crippen molar-refractivity contribution in [2.24, 2.45) is 0 Å². The molecule has 1 N–H and O–H groups in total. The summed E-state index contributed by atoms with van der Waals surface area (Å²) < 4.78 is 32.9. The summed E-state index contributed by atoms with van der Waals surface area (Å²) in [7, 11) is -0.209. The lowest BCUT2D eigenvalue weighted by molar-refractivity contribution is -0.151. The largest absolute Gasteiger partial charge is 0.496 e. The molecule has 10 heteroatoms. The maximum absolute atomic E-state index is 12.1. The molecule has 1 atom stereocenters. The molecular formula is C17H22N2O7S. The minimum absolute atomic E-state index is 0.0457. The number of carbonyl (C=O) groups is 3. The monoisotopic (exact) mass is 398 g/mol. The van der Waals surface area contributed by atoms with Gasteiger partial charge in [0.15, 0.2) is 16.4 Å². The van der Waals surface area contributed by atoms with E-state index in [9.17, 15) is 22.8 Å². The Bertz CT molecular complexity index is 822. The molecule has 2 rings (SSSR count). The number of benzene rings is 1. The number of methoxy groups -OCH3 is 1.